The zero-order valence-electron chi connectivity index (χ0n) is 24.5. The van der Waals surface area contributed by atoms with Crippen LogP contribution >= 0.6 is 0 Å². The molecule has 0 unspecified atom stereocenters. The predicted octanol–water partition coefficient (Wildman–Crippen LogP) is 3.59. The van der Waals surface area contributed by atoms with E-state index in [9.17, 15) is 10.0 Å². The molecule has 6 aromatic rings. The van der Waals surface area contributed by atoms with Gasteiger partial charge in [0.15, 0.2) is 5.82 Å². The Bertz CT molecular complexity index is 2000. The summed E-state index contributed by atoms with van der Waals surface area (Å²) in [5, 5.41) is 20.7. The van der Waals surface area contributed by atoms with Crippen LogP contribution in [0.1, 0.15) is 11.3 Å². The topological polar surface area (TPSA) is 143 Å². The number of nitrogens with zero attached hydrogens (tertiary/aromatic N) is 4. The van der Waals surface area contributed by atoms with E-state index in [4.69, 9.17) is 23.8 Å². The predicted molar refractivity (Wildman–Crippen MR) is 167 cm³/mol. The van der Waals surface area contributed by atoms with Crippen LogP contribution in [-0.4, -0.2) is 59.3 Å². The van der Waals surface area contributed by atoms with Crippen LogP contribution in [0.5, 0.6) is 5.75 Å². The van der Waals surface area contributed by atoms with Crippen molar-refractivity contribution in [2.45, 2.75) is 19.5 Å². The van der Waals surface area contributed by atoms with E-state index in [0.717, 1.165) is 39.9 Å². The van der Waals surface area contributed by atoms with Crippen LogP contribution in [0.4, 0.5) is 0 Å². The number of benzene rings is 3. The fourth-order valence-corrected chi connectivity index (χ4v) is 5.68. The summed E-state index contributed by atoms with van der Waals surface area (Å²) in [4.78, 5) is 21.8. The van der Waals surface area contributed by atoms with Gasteiger partial charge in [-0.2, -0.15) is 0 Å². The molecule has 1 aliphatic heterocycles. The Morgan fingerprint density at radius 2 is 1.76 bits per heavy atom. The number of rotatable bonds is 13. The largest absolute Gasteiger partial charge is 0.491 e. The second kappa shape index (κ2) is 12.9. The third kappa shape index (κ3) is 5.90. The second-order valence-electron chi connectivity index (χ2n) is 10.7. The molecule has 0 bridgehead atoms. The van der Waals surface area contributed by atoms with E-state index in [1.54, 1.807) is 4.57 Å². The van der Waals surface area contributed by atoms with Crippen LogP contribution in [0.3, 0.4) is 0 Å². The maximum Gasteiger partial charge on any atom is 0.261 e. The van der Waals surface area contributed by atoms with Gasteiger partial charge in [0.25, 0.3) is 11.3 Å². The second-order valence-corrected chi connectivity index (χ2v) is 10.7. The molecule has 0 saturated heterocycles. The summed E-state index contributed by atoms with van der Waals surface area (Å²) in [5.41, 5.74) is 5.48. The van der Waals surface area contributed by atoms with Gasteiger partial charge in [0.05, 0.1) is 49.6 Å². The molecule has 12 nitrogen and oxygen atoms in total. The minimum Gasteiger partial charge on any atom is -0.491 e. The van der Waals surface area contributed by atoms with Crippen molar-refractivity contribution in [3.8, 4) is 28.5 Å². The van der Waals surface area contributed by atoms with Gasteiger partial charge in [0, 0.05) is 34.7 Å². The minimum absolute atomic E-state index is 0.00937. The molecule has 3 aromatic heterocycles. The molecule has 2 N–H and O–H groups in total. The monoisotopic (exact) mass is 608 g/mol. The van der Waals surface area contributed by atoms with E-state index in [2.05, 4.69) is 15.5 Å². The molecule has 0 radical (unpaired) electrons. The van der Waals surface area contributed by atoms with Crippen molar-refractivity contribution in [2.24, 2.45) is 0 Å². The van der Waals surface area contributed by atoms with Crippen LogP contribution in [-0.2, 0) is 29.0 Å². The lowest BCUT2D eigenvalue weighted by Gasteiger charge is -2.18. The number of fused-ring (bicyclic) bond motifs is 6. The minimum atomic E-state index is -0.00937. The van der Waals surface area contributed by atoms with E-state index < -0.39 is 0 Å². The van der Waals surface area contributed by atoms with Crippen molar-refractivity contribution in [1.29, 1.82) is 0 Å². The Kier molecular flexibility index (Phi) is 8.23. The lowest BCUT2D eigenvalue weighted by atomic mass is 10.0. The number of para-hydroxylation sites is 1. The zero-order chi connectivity index (χ0) is 30.6. The van der Waals surface area contributed by atoms with Crippen LogP contribution in [0.25, 0.3) is 44.6 Å². The first-order valence-corrected chi connectivity index (χ1v) is 14.9. The molecule has 0 amide bonds. The normalized spacial score (nSPS) is 12.4. The fraction of sp³-hybridized carbons (Fsp3) is 0.273. The van der Waals surface area contributed by atoms with Gasteiger partial charge >= 0.3 is 0 Å². The summed E-state index contributed by atoms with van der Waals surface area (Å²) in [5.74, 6) is 1.43. The molecule has 0 saturated carbocycles. The van der Waals surface area contributed by atoms with Crippen LogP contribution in [0, 0.1) is 5.21 Å². The van der Waals surface area contributed by atoms with Crippen molar-refractivity contribution in [3.05, 3.63) is 99.6 Å². The van der Waals surface area contributed by atoms with E-state index >= 15 is 0 Å². The molecular formula is C33H32N6O6. The molecule has 0 spiro atoms. The SMILES string of the molecule is O=c1c2ccccc2nc2n1CCc1c-2[nH]c2ccc(OCCOCCOCCNCc3c(-c4ccccc4)no[n+]3[O-])cc12. The first kappa shape index (κ1) is 28.7. The highest BCUT2D eigenvalue weighted by atomic mass is 16.8. The number of nitrogens with one attached hydrogen (secondary N) is 2. The summed E-state index contributed by atoms with van der Waals surface area (Å²) < 4.78 is 23.8. The third-order valence-corrected chi connectivity index (χ3v) is 7.88. The molecular weight excluding hydrogens is 576 g/mol. The lowest BCUT2D eigenvalue weighted by molar-refractivity contribution is -0.808. The number of hydrogen-bond acceptors (Lipinski definition) is 9. The Morgan fingerprint density at radius 3 is 2.64 bits per heavy atom. The van der Waals surface area contributed by atoms with E-state index in [1.807, 2.05) is 72.8 Å². The smallest absolute Gasteiger partial charge is 0.261 e. The van der Waals surface area contributed by atoms with Crippen molar-refractivity contribution in [2.75, 3.05) is 39.6 Å². The number of aryl methyl sites for hydroxylation is 1. The standard InChI is InChI=1S/C33H32N6O6/c40-33-25-8-4-5-9-27(25)36-32-31-24(12-14-38(32)33)26-20-23(10-11-28(26)35-31)44-19-18-43-17-16-42-15-13-34-21-29-30(37-45-39(29)41)22-6-2-1-3-7-22/h1-11,20,34-35H,12-19,21H2. The van der Waals surface area contributed by atoms with Crippen molar-refractivity contribution >= 4 is 21.8 Å². The molecule has 12 heteroatoms. The highest BCUT2D eigenvalue weighted by molar-refractivity contribution is 5.92. The van der Waals surface area contributed by atoms with Gasteiger partial charge in [0.1, 0.15) is 12.4 Å². The van der Waals surface area contributed by atoms with Crippen molar-refractivity contribution in [3.63, 3.8) is 0 Å². The Balaban J connectivity index is 0.843. The first-order valence-electron chi connectivity index (χ1n) is 14.9. The molecule has 7 rings (SSSR count). The fourth-order valence-electron chi connectivity index (χ4n) is 5.68. The highest BCUT2D eigenvalue weighted by Gasteiger charge is 2.24. The Labute approximate surface area is 257 Å². The third-order valence-electron chi connectivity index (χ3n) is 7.88. The van der Waals surface area contributed by atoms with Gasteiger partial charge in [-0.3, -0.25) is 14.0 Å². The van der Waals surface area contributed by atoms with Gasteiger partial charge < -0.3 is 29.7 Å². The van der Waals surface area contributed by atoms with E-state index in [1.165, 1.54) is 0 Å². The number of hydrogen-bond donors (Lipinski definition) is 2. The summed E-state index contributed by atoms with van der Waals surface area (Å²) in [6.45, 7) is 3.65. The average Bonchev–Trinajstić information content (AvgIpc) is 3.64. The van der Waals surface area contributed by atoms with Crippen molar-refractivity contribution < 1.29 is 23.7 Å². The van der Waals surface area contributed by atoms with Crippen LogP contribution < -0.4 is 20.5 Å². The molecule has 45 heavy (non-hydrogen) atoms. The number of ether oxygens (including phenoxy) is 3. The maximum atomic E-state index is 13.1. The quantitative estimate of drug-likeness (QED) is 0.149. The van der Waals surface area contributed by atoms with E-state index in [0.29, 0.717) is 85.7 Å². The van der Waals surface area contributed by atoms with Crippen LogP contribution in [0.15, 0.2) is 82.2 Å². The zero-order valence-corrected chi connectivity index (χ0v) is 24.5. The molecule has 0 atom stereocenters. The van der Waals surface area contributed by atoms with Gasteiger partial charge in [0.2, 0.25) is 5.69 Å². The van der Waals surface area contributed by atoms with Crippen molar-refractivity contribution in [1.82, 2.24) is 25.0 Å². The summed E-state index contributed by atoms with van der Waals surface area (Å²) in [7, 11) is 0. The van der Waals surface area contributed by atoms with Gasteiger partial charge in [-0.05, 0) is 47.2 Å². The van der Waals surface area contributed by atoms with Gasteiger partial charge in [-0.25, -0.2) is 4.98 Å². The molecule has 1 aliphatic rings. The lowest BCUT2D eigenvalue weighted by Crippen LogP contribution is -2.32. The molecule has 0 aliphatic carbocycles. The summed E-state index contributed by atoms with van der Waals surface area (Å²) in [6.07, 6.45) is 0.734. The highest BCUT2D eigenvalue weighted by Crippen LogP contribution is 2.35. The Hall–Kier alpha value is -5.04. The van der Waals surface area contributed by atoms with Gasteiger partial charge in [-0.1, -0.05) is 42.5 Å². The number of aromatic nitrogens is 5. The van der Waals surface area contributed by atoms with E-state index in [-0.39, 0.29) is 5.56 Å². The molecule has 230 valence electrons. The van der Waals surface area contributed by atoms with Crippen LogP contribution in [0.2, 0.25) is 0 Å². The number of aromatic amines is 1. The summed E-state index contributed by atoms with van der Waals surface area (Å²) in [6, 6.07) is 22.9. The Morgan fingerprint density at radius 1 is 0.956 bits per heavy atom. The number of H-pyrrole nitrogens is 1. The average molecular weight is 609 g/mol. The summed E-state index contributed by atoms with van der Waals surface area (Å²) >= 11 is 0. The molecule has 0 fully saturated rings. The first-order chi connectivity index (χ1) is 22.2. The maximum absolute atomic E-state index is 13.1. The molecule has 3 aromatic carbocycles. The van der Waals surface area contributed by atoms with Gasteiger partial charge in [-0.15, -0.1) is 0 Å². The molecule has 4 heterocycles.